The van der Waals surface area contributed by atoms with Crippen molar-refractivity contribution in [3.05, 3.63) is 29.8 Å². The molecule has 1 aromatic rings. The Balaban J connectivity index is 1.84. The van der Waals surface area contributed by atoms with E-state index in [4.69, 9.17) is 10.5 Å². The smallest absolute Gasteiger partial charge is 0.439 e. The fraction of sp³-hybridized carbons (Fsp3) is 0.400. The number of anilines is 1. The first-order valence-electron chi connectivity index (χ1n) is 7.35. The molecule has 24 heavy (non-hydrogen) atoms. The Bertz CT molecular complexity index is 695. The Morgan fingerprint density at radius 3 is 2.50 bits per heavy atom. The number of benzene rings is 1. The van der Waals surface area contributed by atoms with Gasteiger partial charge in [-0.15, -0.1) is 5.12 Å². The number of amides is 3. The number of cyclic esters (lactones) is 1. The minimum Gasteiger partial charge on any atom is -0.441 e. The molecule has 0 radical (unpaired) electrons. The Morgan fingerprint density at radius 1 is 1.38 bits per heavy atom. The van der Waals surface area contributed by atoms with Crippen LogP contribution in [-0.4, -0.2) is 46.9 Å². The minimum absolute atomic E-state index is 0.0718. The van der Waals surface area contributed by atoms with Crippen LogP contribution in [0.3, 0.4) is 0 Å². The Kier molecular flexibility index (Phi) is 3.88. The molecular formula is C15H16FN3O5. The standard InChI is InChI=1S/C15H16FN3O5/c1-7(13(17)21)12-11(19(16)15(23)24-12)8-2-4-9(5-3-8)18-6-10(20)14(18)22/h2-5,7,10-12,20H,6H2,1H3,(H2,17,21). The van der Waals surface area contributed by atoms with Gasteiger partial charge in [0, 0.05) is 5.69 Å². The van der Waals surface area contributed by atoms with Crippen LogP contribution in [0.2, 0.25) is 0 Å². The number of ether oxygens (including phenoxy) is 1. The predicted molar refractivity (Wildman–Crippen MR) is 79.1 cm³/mol. The molecule has 9 heteroatoms. The number of halogens is 1. The Hall–Kier alpha value is -2.68. The fourth-order valence-electron chi connectivity index (χ4n) is 2.82. The van der Waals surface area contributed by atoms with E-state index in [0.717, 1.165) is 0 Å². The number of aliphatic hydroxyl groups is 1. The van der Waals surface area contributed by atoms with E-state index in [1.807, 2.05) is 0 Å². The Morgan fingerprint density at radius 2 is 2.00 bits per heavy atom. The van der Waals surface area contributed by atoms with Gasteiger partial charge < -0.3 is 20.5 Å². The Labute approximate surface area is 136 Å². The summed E-state index contributed by atoms with van der Waals surface area (Å²) in [5.74, 6) is -1.98. The van der Waals surface area contributed by atoms with Crippen molar-refractivity contribution in [2.45, 2.75) is 25.2 Å². The second-order valence-electron chi connectivity index (χ2n) is 5.85. The van der Waals surface area contributed by atoms with E-state index in [9.17, 15) is 24.0 Å². The van der Waals surface area contributed by atoms with Crippen LogP contribution in [0.15, 0.2) is 24.3 Å². The molecule has 4 unspecified atom stereocenters. The third-order valence-corrected chi connectivity index (χ3v) is 4.36. The zero-order chi connectivity index (χ0) is 17.6. The van der Waals surface area contributed by atoms with Gasteiger partial charge in [-0.25, -0.2) is 4.79 Å². The number of carbonyl (C=O) groups is 3. The maximum atomic E-state index is 14.1. The molecule has 2 fully saturated rings. The SMILES string of the molecule is CC(C(N)=O)C1OC(=O)N(F)C1c1ccc(N2CC(O)C2=O)cc1. The van der Waals surface area contributed by atoms with Gasteiger partial charge >= 0.3 is 6.09 Å². The second-order valence-corrected chi connectivity index (χ2v) is 5.85. The molecule has 2 aliphatic rings. The molecule has 8 nitrogen and oxygen atoms in total. The highest BCUT2D eigenvalue weighted by atomic mass is 19.2. The number of carbonyl (C=O) groups excluding carboxylic acids is 3. The molecule has 0 aliphatic carbocycles. The van der Waals surface area contributed by atoms with Gasteiger partial charge in [-0.3, -0.25) is 9.59 Å². The van der Waals surface area contributed by atoms with E-state index in [1.54, 1.807) is 12.1 Å². The number of aliphatic hydroxyl groups excluding tert-OH is 1. The largest absolute Gasteiger partial charge is 0.441 e. The summed E-state index contributed by atoms with van der Waals surface area (Å²) < 4.78 is 19.0. The van der Waals surface area contributed by atoms with Crippen LogP contribution in [0.5, 0.6) is 0 Å². The summed E-state index contributed by atoms with van der Waals surface area (Å²) in [5.41, 5.74) is 6.17. The maximum Gasteiger partial charge on any atom is 0.439 e. The van der Waals surface area contributed by atoms with Crippen LogP contribution < -0.4 is 10.6 Å². The lowest BCUT2D eigenvalue weighted by Gasteiger charge is -2.35. The summed E-state index contributed by atoms with van der Waals surface area (Å²) in [6.45, 7) is 1.65. The van der Waals surface area contributed by atoms with Gasteiger partial charge in [-0.05, 0) is 24.6 Å². The molecule has 0 spiro atoms. The molecule has 3 rings (SSSR count). The van der Waals surface area contributed by atoms with Gasteiger partial charge in [0.15, 0.2) is 6.10 Å². The van der Waals surface area contributed by atoms with Gasteiger partial charge in [0.2, 0.25) is 5.91 Å². The molecule has 2 saturated heterocycles. The van der Waals surface area contributed by atoms with Gasteiger partial charge in [0.05, 0.1) is 12.5 Å². The average Bonchev–Trinajstić information content (AvgIpc) is 2.87. The summed E-state index contributed by atoms with van der Waals surface area (Å²) in [7, 11) is 0. The van der Waals surface area contributed by atoms with Crippen molar-refractivity contribution in [3.63, 3.8) is 0 Å². The van der Waals surface area contributed by atoms with Crippen molar-refractivity contribution in [1.82, 2.24) is 5.12 Å². The van der Waals surface area contributed by atoms with E-state index in [0.29, 0.717) is 11.3 Å². The molecule has 0 aromatic heterocycles. The molecule has 3 amide bonds. The normalized spacial score (nSPS) is 27.7. The first kappa shape index (κ1) is 16.2. The highest BCUT2D eigenvalue weighted by Gasteiger charge is 2.48. The number of hydrogen-bond acceptors (Lipinski definition) is 5. The lowest BCUT2D eigenvalue weighted by atomic mass is 9.92. The van der Waals surface area contributed by atoms with E-state index in [-0.39, 0.29) is 11.7 Å². The molecule has 2 aliphatic heterocycles. The van der Waals surface area contributed by atoms with Crippen LogP contribution in [-0.2, 0) is 14.3 Å². The minimum atomic E-state index is -1.18. The number of β-amino-alcohol motifs (C(OH)–C–C–N with tert-alkyl or cyclic N) is 1. The zero-order valence-corrected chi connectivity index (χ0v) is 12.8. The van der Waals surface area contributed by atoms with Gasteiger partial charge in [-0.1, -0.05) is 16.6 Å². The number of nitrogens with two attached hydrogens (primary N) is 1. The van der Waals surface area contributed by atoms with Crippen molar-refractivity contribution in [2.24, 2.45) is 11.7 Å². The highest BCUT2D eigenvalue weighted by Crippen LogP contribution is 2.38. The first-order valence-corrected chi connectivity index (χ1v) is 7.35. The lowest BCUT2D eigenvalue weighted by molar-refractivity contribution is -0.132. The second kappa shape index (κ2) is 5.75. The van der Waals surface area contributed by atoms with Crippen molar-refractivity contribution in [3.8, 4) is 0 Å². The molecular weight excluding hydrogens is 321 g/mol. The summed E-state index contributed by atoms with van der Waals surface area (Å²) in [5, 5.41) is 9.17. The number of rotatable bonds is 4. The van der Waals surface area contributed by atoms with Crippen LogP contribution in [0.4, 0.5) is 15.0 Å². The predicted octanol–water partition coefficient (Wildman–Crippen LogP) is 0.262. The van der Waals surface area contributed by atoms with Gasteiger partial charge in [0.25, 0.3) is 5.91 Å². The number of β-lactam (4-membered cyclic amide) rings is 1. The fourth-order valence-corrected chi connectivity index (χ4v) is 2.82. The molecule has 2 heterocycles. The molecule has 128 valence electrons. The van der Waals surface area contributed by atoms with E-state index < -0.39 is 42.1 Å². The topological polar surface area (TPSA) is 113 Å². The van der Waals surface area contributed by atoms with Crippen LogP contribution in [0, 0.1) is 5.92 Å². The monoisotopic (exact) mass is 337 g/mol. The summed E-state index contributed by atoms with van der Waals surface area (Å²) in [6, 6.07) is 5.11. The van der Waals surface area contributed by atoms with Gasteiger partial charge in [0.1, 0.15) is 12.1 Å². The van der Waals surface area contributed by atoms with E-state index in [2.05, 4.69) is 0 Å². The van der Waals surface area contributed by atoms with Crippen molar-refractivity contribution >= 4 is 23.6 Å². The summed E-state index contributed by atoms with van der Waals surface area (Å²) in [4.78, 5) is 35.7. The van der Waals surface area contributed by atoms with E-state index >= 15 is 0 Å². The molecule has 0 saturated carbocycles. The lowest BCUT2D eigenvalue weighted by Crippen LogP contribution is -2.56. The third-order valence-electron chi connectivity index (χ3n) is 4.36. The van der Waals surface area contributed by atoms with Crippen LogP contribution >= 0.6 is 0 Å². The molecule has 1 aromatic carbocycles. The zero-order valence-electron chi connectivity index (χ0n) is 12.8. The summed E-state index contributed by atoms with van der Waals surface area (Å²) in [6.07, 6.45) is -3.21. The van der Waals surface area contributed by atoms with Crippen molar-refractivity contribution in [1.29, 1.82) is 0 Å². The van der Waals surface area contributed by atoms with Crippen LogP contribution in [0.25, 0.3) is 0 Å². The first-order chi connectivity index (χ1) is 11.3. The van der Waals surface area contributed by atoms with E-state index in [1.165, 1.54) is 24.0 Å². The van der Waals surface area contributed by atoms with Crippen molar-refractivity contribution < 1.29 is 28.7 Å². The van der Waals surface area contributed by atoms with Crippen molar-refractivity contribution in [2.75, 3.05) is 11.4 Å². The van der Waals surface area contributed by atoms with Gasteiger partial charge in [-0.2, -0.15) is 0 Å². The maximum absolute atomic E-state index is 14.1. The number of nitrogens with zero attached hydrogens (tertiary/aromatic N) is 2. The molecule has 3 N–H and O–H groups in total. The third kappa shape index (κ3) is 2.46. The number of primary amides is 1. The summed E-state index contributed by atoms with van der Waals surface area (Å²) >= 11 is 0. The van der Waals surface area contributed by atoms with Crippen LogP contribution in [0.1, 0.15) is 18.5 Å². The molecule has 4 atom stereocenters. The number of hydrogen-bond donors (Lipinski definition) is 2. The quantitative estimate of drug-likeness (QED) is 0.604. The average molecular weight is 337 g/mol. The highest BCUT2D eigenvalue weighted by molar-refractivity contribution is 6.03. The molecule has 0 bridgehead atoms.